The Hall–Kier alpha value is -1.43. The number of rotatable bonds is 2. The lowest BCUT2D eigenvalue weighted by atomic mass is 10.2. The smallest absolute Gasteiger partial charge is 0.346 e. The SMILES string of the molecule is O=C(Oc1ccc(I)cc1)c1ccccc1F. The number of carbonyl (C=O) groups is 1. The molecule has 0 aliphatic rings. The molecule has 0 heterocycles. The molecule has 0 fully saturated rings. The highest BCUT2D eigenvalue weighted by Crippen LogP contribution is 2.16. The van der Waals surface area contributed by atoms with Gasteiger partial charge in [0.25, 0.3) is 0 Å². The summed E-state index contributed by atoms with van der Waals surface area (Å²) in [6.45, 7) is 0. The summed E-state index contributed by atoms with van der Waals surface area (Å²) in [5, 5.41) is 0. The second-order valence-electron chi connectivity index (χ2n) is 3.32. The molecule has 0 atom stereocenters. The highest BCUT2D eigenvalue weighted by Gasteiger charge is 2.12. The van der Waals surface area contributed by atoms with E-state index in [0.717, 1.165) is 3.57 Å². The fourth-order valence-electron chi connectivity index (χ4n) is 1.29. The zero-order valence-electron chi connectivity index (χ0n) is 8.69. The molecule has 0 amide bonds. The van der Waals surface area contributed by atoms with Gasteiger partial charge in [0.05, 0.1) is 5.56 Å². The fraction of sp³-hybridized carbons (Fsp3) is 0. The van der Waals surface area contributed by atoms with Crippen LogP contribution >= 0.6 is 22.6 Å². The van der Waals surface area contributed by atoms with Crippen molar-refractivity contribution < 1.29 is 13.9 Å². The van der Waals surface area contributed by atoms with E-state index in [1.807, 2.05) is 12.1 Å². The summed E-state index contributed by atoms with van der Waals surface area (Å²) in [5.41, 5.74) is -0.0638. The Morgan fingerprint density at radius 2 is 1.71 bits per heavy atom. The van der Waals surface area contributed by atoms with Crippen molar-refractivity contribution >= 4 is 28.6 Å². The van der Waals surface area contributed by atoms with Crippen molar-refractivity contribution in [1.82, 2.24) is 0 Å². The number of esters is 1. The van der Waals surface area contributed by atoms with Crippen LogP contribution in [-0.4, -0.2) is 5.97 Å². The van der Waals surface area contributed by atoms with Crippen LogP contribution in [0.3, 0.4) is 0 Å². The topological polar surface area (TPSA) is 26.3 Å². The second kappa shape index (κ2) is 5.27. The number of ether oxygens (including phenoxy) is 1. The van der Waals surface area contributed by atoms with E-state index in [1.54, 1.807) is 18.2 Å². The molecule has 0 saturated carbocycles. The van der Waals surface area contributed by atoms with Gasteiger partial charge in [0.1, 0.15) is 11.6 Å². The van der Waals surface area contributed by atoms with Crippen LogP contribution in [0.15, 0.2) is 48.5 Å². The van der Waals surface area contributed by atoms with Gasteiger partial charge in [0.15, 0.2) is 0 Å². The van der Waals surface area contributed by atoms with Crippen LogP contribution in [0.1, 0.15) is 10.4 Å². The lowest BCUT2D eigenvalue weighted by Gasteiger charge is -2.04. The van der Waals surface area contributed by atoms with Crippen molar-refractivity contribution in [2.75, 3.05) is 0 Å². The third kappa shape index (κ3) is 3.03. The van der Waals surface area contributed by atoms with Gasteiger partial charge >= 0.3 is 5.97 Å². The summed E-state index contributed by atoms with van der Waals surface area (Å²) in [6.07, 6.45) is 0. The number of halogens is 2. The molecule has 2 rings (SSSR count). The van der Waals surface area contributed by atoms with Crippen LogP contribution in [0.4, 0.5) is 4.39 Å². The zero-order valence-corrected chi connectivity index (χ0v) is 10.8. The standard InChI is InChI=1S/C13H8FIO2/c14-12-4-2-1-3-11(12)13(16)17-10-7-5-9(15)6-8-10/h1-8H. The van der Waals surface area contributed by atoms with E-state index in [2.05, 4.69) is 22.6 Å². The first-order chi connectivity index (χ1) is 8.16. The van der Waals surface area contributed by atoms with Crippen molar-refractivity contribution in [3.8, 4) is 5.75 Å². The molecule has 4 heteroatoms. The maximum Gasteiger partial charge on any atom is 0.346 e. The van der Waals surface area contributed by atoms with E-state index >= 15 is 0 Å². The van der Waals surface area contributed by atoms with E-state index in [0.29, 0.717) is 5.75 Å². The molecule has 0 spiro atoms. The first-order valence-electron chi connectivity index (χ1n) is 4.89. The number of carbonyl (C=O) groups excluding carboxylic acids is 1. The Morgan fingerprint density at radius 3 is 2.35 bits per heavy atom. The Morgan fingerprint density at radius 1 is 1.06 bits per heavy atom. The van der Waals surface area contributed by atoms with E-state index in [4.69, 9.17) is 4.74 Å². The molecule has 0 aliphatic carbocycles. The Balaban J connectivity index is 2.17. The molecule has 0 unspecified atom stereocenters. The molecule has 2 aromatic carbocycles. The van der Waals surface area contributed by atoms with Crippen molar-refractivity contribution in [3.63, 3.8) is 0 Å². The van der Waals surface area contributed by atoms with Crippen LogP contribution in [-0.2, 0) is 0 Å². The molecule has 0 aromatic heterocycles. The minimum atomic E-state index is -0.690. The van der Waals surface area contributed by atoms with E-state index < -0.39 is 11.8 Å². The Labute approximate surface area is 112 Å². The van der Waals surface area contributed by atoms with Gasteiger partial charge in [0.2, 0.25) is 0 Å². The normalized spacial score (nSPS) is 10.0. The summed E-state index contributed by atoms with van der Waals surface area (Å²) in [4.78, 5) is 11.7. The summed E-state index contributed by atoms with van der Waals surface area (Å²) in [5.74, 6) is -0.869. The Kier molecular flexibility index (Phi) is 3.73. The van der Waals surface area contributed by atoms with Gasteiger partial charge in [-0.25, -0.2) is 9.18 Å². The summed E-state index contributed by atoms with van der Waals surface area (Å²) >= 11 is 2.15. The second-order valence-corrected chi connectivity index (χ2v) is 4.57. The Bertz CT molecular complexity index is 537. The van der Waals surface area contributed by atoms with Gasteiger partial charge < -0.3 is 4.74 Å². The average molecular weight is 342 g/mol. The maximum atomic E-state index is 13.3. The van der Waals surface area contributed by atoms with Gasteiger partial charge in [-0.1, -0.05) is 12.1 Å². The third-order valence-electron chi connectivity index (χ3n) is 2.12. The van der Waals surface area contributed by atoms with Crippen molar-refractivity contribution in [2.45, 2.75) is 0 Å². The van der Waals surface area contributed by atoms with Crippen molar-refractivity contribution in [3.05, 3.63) is 63.5 Å². The number of benzene rings is 2. The molecule has 0 aliphatic heterocycles. The van der Waals surface area contributed by atoms with E-state index in [9.17, 15) is 9.18 Å². The van der Waals surface area contributed by atoms with Crippen LogP contribution in [0.2, 0.25) is 0 Å². The zero-order chi connectivity index (χ0) is 12.3. The van der Waals surface area contributed by atoms with Crippen LogP contribution < -0.4 is 4.74 Å². The first-order valence-corrected chi connectivity index (χ1v) is 5.97. The first kappa shape index (κ1) is 12.0. The molecule has 0 bridgehead atoms. The molecule has 86 valence electrons. The molecule has 17 heavy (non-hydrogen) atoms. The monoisotopic (exact) mass is 342 g/mol. The fourth-order valence-corrected chi connectivity index (χ4v) is 1.65. The van der Waals surface area contributed by atoms with Gasteiger partial charge in [-0.3, -0.25) is 0 Å². The largest absolute Gasteiger partial charge is 0.423 e. The van der Waals surface area contributed by atoms with E-state index in [-0.39, 0.29) is 5.56 Å². The van der Waals surface area contributed by atoms with Gasteiger partial charge in [0, 0.05) is 3.57 Å². The summed E-state index contributed by atoms with van der Waals surface area (Å²) in [7, 11) is 0. The highest BCUT2D eigenvalue weighted by molar-refractivity contribution is 14.1. The molecule has 2 nitrogen and oxygen atoms in total. The average Bonchev–Trinajstić information content (AvgIpc) is 2.32. The predicted octanol–water partition coefficient (Wildman–Crippen LogP) is 3.65. The van der Waals surface area contributed by atoms with Crippen molar-refractivity contribution in [2.24, 2.45) is 0 Å². The minimum absolute atomic E-state index is 0.0638. The molecule has 2 aromatic rings. The minimum Gasteiger partial charge on any atom is -0.423 e. The summed E-state index contributed by atoms with van der Waals surface area (Å²) < 4.78 is 19.4. The van der Waals surface area contributed by atoms with Crippen LogP contribution in [0.5, 0.6) is 5.75 Å². The van der Waals surface area contributed by atoms with Gasteiger partial charge in [-0.05, 0) is 59.0 Å². The molecule has 0 N–H and O–H groups in total. The quantitative estimate of drug-likeness (QED) is 0.473. The third-order valence-corrected chi connectivity index (χ3v) is 2.84. The molecular weight excluding hydrogens is 334 g/mol. The molecule has 0 radical (unpaired) electrons. The highest BCUT2D eigenvalue weighted by atomic mass is 127. The predicted molar refractivity (Wildman–Crippen MR) is 70.5 cm³/mol. The van der Waals surface area contributed by atoms with Crippen molar-refractivity contribution in [1.29, 1.82) is 0 Å². The number of hydrogen-bond donors (Lipinski definition) is 0. The van der Waals surface area contributed by atoms with E-state index in [1.165, 1.54) is 18.2 Å². The van der Waals surface area contributed by atoms with Gasteiger partial charge in [-0.15, -0.1) is 0 Å². The lowest BCUT2D eigenvalue weighted by molar-refractivity contribution is 0.0730. The molecular formula is C13H8FIO2. The molecule has 0 saturated heterocycles. The van der Waals surface area contributed by atoms with Gasteiger partial charge in [-0.2, -0.15) is 0 Å². The summed E-state index contributed by atoms with van der Waals surface area (Å²) in [6, 6.07) is 12.7. The van der Waals surface area contributed by atoms with Crippen LogP contribution in [0.25, 0.3) is 0 Å². The number of hydrogen-bond acceptors (Lipinski definition) is 2. The van der Waals surface area contributed by atoms with Crippen LogP contribution in [0, 0.1) is 9.39 Å². The lowest BCUT2D eigenvalue weighted by Crippen LogP contribution is -2.10. The maximum absolute atomic E-state index is 13.3.